The van der Waals surface area contributed by atoms with E-state index < -0.39 is 0 Å². The molecule has 0 unspecified atom stereocenters. The van der Waals surface area contributed by atoms with Crippen molar-refractivity contribution < 1.29 is 0 Å². The number of unbranched alkanes of at least 4 members (excludes halogenated alkanes) is 2. The van der Waals surface area contributed by atoms with Gasteiger partial charge in [0.1, 0.15) is 0 Å². The van der Waals surface area contributed by atoms with E-state index in [-0.39, 0.29) is 0 Å². The van der Waals surface area contributed by atoms with Gasteiger partial charge < -0.3 is 0 Å². The smallest absolute Gasteiger partial charge is 0.218 e. The number of halogens is 1. The highest BCUT2D eigenvalue weighted by molar-refractivity contribution is 9.10. The molecule has 0 saturated heterocycles. The Bertz CT molecular complexity index is 210. The molecule has 62 valence electrons. The van der Waals surface area contributed by atoms with Crippen LogP contribution in [0.3, 0.4) is 0 Å². The maximum Gasteiger partial charge on any atom is 0.218 e. The molecule has 0 bridgehead atoms. The zero-order chi connectivity index (χ0) is 8.10. The Morgan fingerprint density at radius 1 is 1.45 bits per heavy atom. The number of aryl methyl sites for hydroxylation is 1. The van der Waals surface area contributed by atoms with Crippen molar-refractivity contribution in [1.29, 1.82) is 0 Å². The van der Waals surface area contributed by atoms with E-state index in [9.17, 15) is 0 Å². The highest BCUT2D eigenvalue weighted by atomic mass is 79.9. The van der Waals surface area contributed by atoms with E-state index >= 15 is 0 Å². The topological polar surface area (TPSA) is 43.6 Å². The number of hydrogen-bond donors (Lipinski definition) is 0. The first-order valence-corrected chi connectivity index (χ1v) is 4.55. The number of rotatable bonds is 4. The van der Waals surface area contributed by atoms with Crippen LogP contribution in [-0.2, 0) is 6.54 Å². The summed E-state index contributed by atoms with van der Waals surface area (Å²) < 4.78 is 2.48. The van der Waals surface area contributed by atoms with Gasteiger partial charge >= 0.3 is 0 Å². The van der Waals surface area contributed by atoms with Gasteiger partial charge in [-0.2, -0.15) is 0 Å². The summed E-state index contributed by atoms with van der Waals surface area (Å²) in [5, 5.41) is 11.0. The van der Waals surface area contributed by atoms with Crippen molar-refractivity contribution in [2.45, 2.75) is 32.7 Å². The van der Waals surface area contributed by atoms with Crippen molar-refractivity contribution in [1.82, 2.24) is 20.2 Å². The van der Waals surface area contributed by atoms with Crippen LogP contribution in [0, 0.1) is 0 Å². The molecule has 1 aromatic rings. The molecule has 0 atom stereocenters. The van der Waals surface area contributed by atoms with E-state index in [1.165, 1.54) is 12.8 Å². The second-order valence-corrected chi connectivity index (χ2v) is 3.09. The van der Waals surface area contributed by atoms with Crippen molar-refractivity contribution in [2.75, 3.05) is 0 Å². The lowest BCUT2D eigenvalue weighted by Gasteiger charge is -1.97. The molecule has 0 fully saturated rings. The third-order valence-corrected chi connectivity index (χ3v) is 2.03. The third-order valence-electron chi connectivity index (χ3n) is 1.46. The second kappa shape index (κ2) is 4.43. The SMILES string of the molecule is CCCCCn1nnnc1Br. The van der Waals surface area contributed by atoms with E-state index in [4.69, 9.17) is 0 Å². The van der Waals surface area contributed by atoms with Gasteiger partial charge in [0.2, 0.25) is 4.73 Å². The summed E-state index contributed by atoms with van der Waals surface area (Å²) >= 11 is 3.25. The van der Waals surface area contributed by atoms with Crippen LogP contribution in [0.5, 0.6) is 0 Å². The summed E-state index contributed by atoms with van der Waals surface area (Å²) in [4.78, 5) is 0. The number of tetrazole rings is 1. The van der Waals surface area contributed by atoms with E-state index in [0.717, 1.165) is 13.0 Å². The van der Waals surface area contributed by atoms with Crippen LogP contribution in [0.1, 0.15) is 26.2 Å². The summed E-state index contributed by atoms with van der Waals surface area (Å²) in [6, 6.07) is 0. The molecule has 0 spiro atoms. The lowest BCUT2D eigenvalue weighted by molar-refractivity contribution is 0.530. The van der Waals surface area contributed by atoms with Crippen LogP contribution in [0.4, 0.5) is 0 Å². The highest BCUT2D eigenvalue weighted by Gasteiger charge is 1.99. The second-order valence-electron chi connectivity index (χ2n) is 2.38. The van der Waals surface area contributed by atoms with Crippen LogP contribution >= 0.6 is 15.9 Å². The van der Waals surface area contributed by atoms with Crippen molar-refractivity contribution in [2.24, 2.45) is 0 Å². The molecule has 1 heterocycles. The lowest BCUT2D eigenvalue weighted by Crippen LogP contribution is -2.00. The summed E-state index contributed by atoms with van der Waals surface area (Å²) in [7, 11) is 0. The molecule has 4 nitrogen and oxygen atoms in total. The Kier molecular flexibility index (Phi) is 3.48. The van der Waals surface area contributed by atoms with Crippen LogP contribution in [0.25, 0.3) is 0 Å². The van der Waals surface area contributed by atoms with Crippen LogP contribution < -0.4 is 0 Å². The first kappa shape index (κ1) is 8.64. The van der Waals surface area contributed by atoms with Crippen molar-refractivity contribution in [3.05, 3.63) is 4.73 Å². The lowest BCUT2D eigenvalue weighted by atomic mass is 10.2. The molecule has 0 aliphatic rings. The fourth-order valence-corrected chi connectivity index (χ4v) is 1.16. The van der Waals surface area contributed by atoms with Crippen molar-refractivity contribution in [3.63, 3.8) is 0 Å². The monoisotopic (exact) mass is 218 g/mol. The summed E-state index contributed by atoms with van der Waals surface area (Å²) in [5.74, 6) is 0. The van der Waals surface area contributed by atoms with Crippen molar-refractivity contribution >= 4 is 15.9 Å². The molecule has 0 aliphatic heterocycles. The first-order chi connectivity index (χ1) is 5.34. The van der Waals surface area contributed by atoms with E-state index in [0.29, 0.717) is 4.73 Å². The normalized spacial score (nSPS) is 10.4. The minimum Gasteiger partial charge on any atom is -0.220 e. The van der Waals surface area contributed by atoms with Gasteiger partial charge in [-0.1, -0.05) is 19.8 Å². The van der Waals surface area contributed by atoms with Gasteiger partial charge in [0, 0.05) is 6.54 Å². The van der Waals surface area contributed by atoms with Gasteiger partial charge in [-0.15, -0.1) is 5.10 Å². The van der Waals surface area contributed by atoms with Crippen LogP contribution in [0.2, 0.25) is 0 Å². The van der Waals surface area contributed by atoms with Gasteiger partial charge in [-0.3, -0.25) is 0 Å². The van der Waals surface area contributed by atoms with Crippen molar-refractivity contribution in [3.8, 4) is 0 Å². The Hall–Kier alpha value is -0.450. The van der Waals surface area contributed by atoms with E-state index in [1.807, 2.05) is 0 Å². The average Bonchev–Trinajstić information content (AvgIpc) is 2.37. The molecular weight excluding hydrogens is 208 g/mol. The molecule has 5 heteroatoms. The Balaban J connectivity index is 2.32. The number of nitrogens with zero attached hydrogens (tertiary/aromatic N) is 4. The van der Waals surface area contributed by atoms with Crippen LogP contribution in [0.15, 0.2) is 4.73 Å². The summed E-state index contributed by atoms with van der Waals surface area (Å²) in [6.45, 7) is 3.08. The predicted octanol–water partition coefficient (Wildman–Crippen LogP) is 1.63. The minimum atomic E-state index is 0.716. The summed E-state index contributed by atoms with van der Waals surface area (Å²) in [6.07, 6.45) is 3.59. The highest BCUT2D eigenvalue weighted by Crippen LogP contribution is 2.04. The molecule has 0 aromatic carbocycles. The number of hydrogen-bond acceptors (Lipinski definition) is 3. The Labute approximate surface area is 74.1 Å². The largest absolute Gasteiger partial charge is 0.220 e. The molecule has 1 aromatic heterocycles. The maximum absolute atomic E-state index is 3.80. The predicted molar refractivity (Wildman–Crippen MR) is 45.0 cm³/mol. The molecule has 0 radical (unpaired) electrons. The standard InChI is InChI=1S/C6H11BrN4/c1-2-3-4-5-11-6(7)8-9-10-11/h2-5H2,1H3. The zero-order valence-electron chi connectivity index (χ0n) is 6.50. The number of aromatic nitrogens is 4. The van der Waals surface area contributed by atoms with Gasteiger partial charge in [0.15, 0.2) is 0 Å². The van der Waals surface area contributed by atoms with E-state index in [2.05, 4.69) is 38.4 Å². The average molecular weight is 219 g/mol. The minimum absolute atomic E-state index is 0.716. The molecular formula is C6H11BrN4. The van der Waals surface area contributed by atoms with E-state index in [1.54, 1.807) is 4.68 Å². The Morgan fingerprint density at radius 2 is 2.27 bits per heavy atom. The molecule has 1 rings (SSSR count). The fraction of sp³-hybridized carbons (Fsp3) is 0.833. The molecule has 11 heavy (non-hydrogen) atoms. The quantitative estimate of drug-likeness (QED) is 0.722. The molecule has 0 saturated carbocycles. The molecule has 0 amide bonds. The fourth-order valence-electron chi connectivity index (χ4n) is 0.842. The van der Waals surface area contributed by atoms with Gasteiger partial charge in [0.25, 0.3) is 0 Å². The molecule has 0 aliphatic carbocycles. The Morgan fingerprint density at radius 3 is 2.82 bits per heavy atom. The maximum atomic E-state index is 3.80. The van der Waals surface area contributed by atoms with Gasteiger partial charge in [-0.25, -0.2) is 4.68 Å². The third kappa shape index (κ3) is 2.57. The first-order valence-electron chi connectivity index (χ1n) is 3.76. The molecule has 0 N–H and O–H groups in total. The summed E-state index contributed by atoms with van der Waals surface area (Å²) in [5.41, 5.74) is 0. The zero-order valence-corrected chi connectivity index (χ0v) is 8.08. The van der Waals surface area contributed by atoms with Crippen LogP contribution in [-0.4, -0.2) is 20.2 Å². The van der Waals surface area contributed by atoms with Gasteiger partial charge in [-0.05, 0) is 32.8 Å². The van der Waals surface area contributed by atoms with Gasteiger partial charge in [0.05, 0.1) is 0 Å².